The van der Waals surface area contributed by atoms with Crippen LogP contribution in [0.5, 0.6) is 0 Å². The molecule has 3 aromatic rings. The summed E-state index contributed by atoms with van der Waals surface area (Å²) in [6, 6.07) is 10.1. The van der Waals surface area contributed by atoms with Gasteiger partial charge in [0.25, 0.3) is 5.22 Å². The van der Waals surface area contributed by atoms with Gasteiger partial charge in [-0.25, -0.2) is 9.37 Å². The quantitative estimate of drug-likeness (QED) is 0.588. The molecule has 1 atom stereocenters. The lowest BCUT2D eigenvalue weighted by Crippen LogP contribution is -2.23. The van der Waals surface area contributed by atoms with Crippen LogP contribution >= 0.6 is 11.8 Å². The van der Waals surface area contributed by atoms with E-state index >= 15 is 0 Å². The van der Waals surface area contributed by atoms with E-state index in [1.54, 1.807) is 25.3 Å². The maximum absolute atomic E-state index is 13.0. The standard InChI is InChI=1S/C21H21FN2O2S/c1-12-9-13(2)19(14(3)10-12)24-20(25)15(4)27-21-23-11-18(26-21)16-5-7-17(22)8-6-16/h5-11,15H,1-4H3,(H,24,25). The highest BCUT2D eigenvalue weighted by Gasteiger charge is 2.19. The maximum atomic E-state index is 13.0. The van der Waals surface area contributed by atoms with Crippen molar-refractivity contribution in [2.75, 3.05) is 5.32 Å². The number of carbonyl (C=O) groups excluding carboxylic acids is 1. The molecule has 0 radical (unpaired) electrons. The lowest BCUT2D eigenvalue weighted by molar-refractivity contribution is -0.115. The van der Waals surface area contributed by atoms with Gasteiger partial charge in [-0.2, -0.15) is 0 Å². The first-order valence-corrected chi connectivity index (χ1v) is 9.48. The highest BCUT2D eigenvalue weighted by atomic mass is 32.2. The summed E-state index contributed by atoms with van der Waals surface area (Å²) < 4.78 is 18.7. The van der Waals surface area contributed by atoms with E-state index in [1.807, 2.05) is 32.9 Å². The summed E-state index contributed by atoms with van der Waals surface area (Å²) in [5.74, 6) is 0.117. The van der Waals surface area contributed by atoms with Gasteiger partial charge in [-0.1, -0.05) is 29.5 Å². The molecule has 27 heavy (non-hydrogen) atoms. The Morgan fingerprint density at radius 2 is 1.78 bits per heavy atom. The molecule has 0 aliphatic carbocycles. The van der Waals surface area contributed by atoms with Gasteiger partial charge in [0, 0.05) is 11.3 Å². The zero-order chi connectivity index (χ0) is 19.6. The van der Waals surface area contributed by atoms with E-state index in [1.165, 1.54) is 29.5 Å². The predicted molar refractivity (Wildman–Crippen MR) is 106 cm³/mol. The second-order valence-electron chi connectivity index (χ2n) is 6.52. The number of hydrogen-bond acceptors (Lipinski definition) is 4. The number of aromatic nitrogens is 1. The molecule has 4 nitrogen and oxygen atoms in total. The van der Waals surface area contributed by atoms with Crippen LogP contribution < -0.4 is 5.32 Å². The summed E-state index contributed by atoms with van der Waals surface area (Å²) in [6.07, 6.45) is 1.58. The molecule has 1 N–H and O–H groups in total. The van der Waals surface area contributed by atoms with E-state index in [-0.39, 0.29) is 17.0 Å². The Balaban J connectivity index is 1.68. The third-order valence-corrected chi connectivity index (χ3v) is 5.14. The van der Waals surface area contributed by atoms with Gasteiger partial charge in [0.1, 0.15) is 5.82 Å². The van der Waals surface area contributed by atoms with Crippen LogP contribution in [0.1, 0.15) is 23.6 Å². The number of carbonyl (C=O) groups is 1. The minimum absolute atomic E-state index is 0.114. The summed E-state index contributed by atoms with van der Waals surface area (Å²) >= 11 is 1.24. The minimum Gasteiger partial charge on any atom is -0.431 e. The maximum Gasteiger partial charge on any atom is 0.256 e. The van der Waals surface area contributed by atoms with E-state index in [9.17, 15) is 9.18 Å². The van der Waals surface area contributed by atoms with Crippen LogP contribution in [-0.2, 0) is 4.79 Å². The van der Waals surface area contributed by atoms with Crippen LogP contribution in [0.15, 0.2) is 52.2 Å². The number of amides is 1. The molecule has 1 amide bonds. The molecule has 3 rings (SSSR count). The van der Waals surface area contributed by atoms with Crippen LogP contribution in [0.3, 0.4) is 0 Å². The number of benzene rings is 2. The lowest BCUT2D eigenvalue weighted by atomic mass is 10.1. The fourth-order valence-corrected chi connectivity index (χ4v) is 3.59. The Kier molecular flexibility index (Phi) is 5.65. The largest absolute Gasteiger partial charge is 0.431 e. The van der Waals surface area contributed by atoms with Crippen molar-refractivity contribution in [1.82, 2.24) is 4.98 Å². The van der Waals surface area contributed by atoms with Crippen LogP contribution in [0.4, 0.5) is 10.1 Å². The number of rotatable bonds is 5. The van der Waals surface area contributed by atoms with Crippen LogP contribution in [0.25, 0.3) is 11.3 Å². The molecule has 0 aliphatic heterocycles. The Labute approximate surface area is 162 Å². The summed E-state index contributed by atoms with van der Waals surface area (Å²) in [6.45, 7) is 7.80. The number of anilines is 1. The van der Waals surface area contributed by atoms with Crippen molar-refractivity contribution in [1.29, 1.82) is 0 Å². The molecule has 1 aromatic heterocycles. The number of thioether (sulfide) groups is 1. The van der Waals surface area contributed by atoms with Gasteiger partial charge in [-0.15, -0.1) is 0 Å². The molecular weight excluding hydrogens is 363 g/mol. The van der Waals surface area contributed by atoms with E-state index in [0.29, 0.717) is 11.0 Å². The van der Waals surface area contributed by atoms with E-state index < -0.39 is 0 Å². The third kappa shape index (κ3) is 4.57. The SMILES string of the molecule is Cc1cc(C)c(NC(=O)C(C)Sc2ncc(-c3ccc(F)cc3)o2)c(C)c1. The zero-order valence-corrected chi connectivity index (χ0v) is 16.5. The number of nitrogens with one attached hydrogen (secondary N) is 1. The molecule has 0 aliphatic rings. The number of oxazole rings is 1. The Morgan fingerprint density at radius 1 is 1.15 bits per heavy atom. The fourth-order valence-electron chi connectivity index (χ4n) is 2.87. The van der Waals surface area contributed by atoms with Gasteiger partial charge in [0.2, 0.25) is 5.91 Å². The Hall–Kier alpha value is -2.60. The number of halogens is 1. The lowest BCUT2D eigenvalue weighted by Gasteiger charge is -2.15. The van der Waals surface area contributed by atoms with Gasteiger partial charge in [0.05, 0.1) is 11.4 Å². The van der Waals surface area contributed by atoms with Crippen molar-refractivity contribution < 1.29 is 13.6 Å². The van der Waals surface area contributed by atoms with Crippen LogP contribution in [0.2, 0.25) is 0 Å². The molecule has 140 valence electrons. The molecular formula is C21H21FN2O2S. The minimum atomic E-state index is -0.384. The number of nitrogens with zero attached hydrogens (tertiary/aromatic N) is 1. The Bertz CT molecular complexity index is 944. The van der Waals surface area contributed by atoms with Crippen LogP contribution in [0, 0.1) is 26.6 Å². The van der Waals surface area contributed by atoms with Crippen molar-refractivity contribution >= 4 is 23.4 Å². The second kappa shape index (κ2) is 7.96. The average molecular weight is 384 g/mol. The predicted octanol–water partition coefficient (Wildman–Crippen LogP) is 5.53. The number of hydrogen-bond donors (Lipinski definition) is 1. The molecule has 1 unspecified atom stereocenters. The van der Waals surface area contributed by atoms with Crippen molar-refractivity contribution in [2.24, 2.45) is 0 Å². The van der Waals surface area contributed by atoms with Gasteiger partial charge in [-0.3, -0.25) is 4.79 Å². The molecule has 0 saturated carbocycles. The normalized spacial score (nSPS) is 12.0. The van der Waals surface area contributed by atoms with Crippen molar-refractivity contribution in [3.8, 4) is 11.3 Å². The topological polar surface area (TPSA) is 55.1 Å². The number of aryl methyl sites for hydroxylation is 3. The van der Waals surface area contributed by atoms with Crippen molar-refractivity contribution in [2.45, 2.75) is 38.2 Å². The van der Waals surface area contributed by atoms with Gasteiger partial charge >= 0.3 is 0 Å². The summed E-state index contributed by atoms with van der Waals surface area (Å²) in [5.41, 5.74) is 4.82. The molecule has 2 aromatic carbocycles. The van der Waals surface area contributed by atoms with Gasteiger partial charge in [-0.05, 0) is 63.1 Å². The van der Waals surface area contributed by atoms with Crippen LogP contribution in [-0.4, -0.2) is 16.1 Å². The van der Waals surface area contributed by atoms with Crippen molar-refractivity contribution in [3.05, 3.63) is 65.1 Å². The fraction of sp³-hybridized carbons (Fsp3) is 0.238. The molecule has 6 heteroatoms. The van der Waals surface area contributed by atoms with Gasteiger partial charge < -0.3 is 9.73 Å². The molecule has 0 saturated heterocycles. The molecule has 0 bridgehead atoms. The first-order valence-electron chi connectivity index (χ1n) is 8.60. The highest BCUT2D eigenvalue weighted by molar-refractivity contribution is 8.00. The van der Waals surface area contributed by atoms with E-state index in [4.69, 9.17) is 4.42 Å². The Morgan fingerprint density at radius 3 is 2.41 bits per heavy atom. The second-order valence-corrected chi connectivity index (χ2v) is 7.81. The molecule has 0 fully saturated rings. The van der Waals surface area contributed by atoms with Crippen molar-refractivity contribution in [3.63, 3.8) is 0 Å². The summed E-state index contributed by atoms with van der Waals surface area (Å²) in [7, 11) is 0. The third-order valence-electron chi connectivity index (χ3n) is 4.19. The zero-order valence-electron chi connectivity index (χ0n) is 15.7. The monoisotopic (exact) mass is 384 g/mol. The summed E-state index contributed by atoms with van der Waals surface area (Å²) in [5, 5.41) is 3.01. The first kappa shape index (κ1) is 19.2. The first-order chi connectivity index (χ1) is 12.8. The highest BCUT2D eigenvalue weighted by Crippen LogP contribution is 2.29. The average Bonchev–Trinajstić information content (AvgIpc) is 3.07. The van der Waals surface area contributed by atoms with E-state index in [0.717, 1.165) is 22.4 Å². The smallest absolute Gasteiger partial charge is 0.256 e. The summed E-state index contributed by atoms with van der Waals surface area (Å²) in [4.78, 5) is 16.8. The van der Waals surface area contributed by atoms with E-state index in [2.05, 4.69) is 10.3 Å². The van der Waals surface area contributed by atoms with Gasteiger partial charge in [0.15, 0.2) is 5.76 Å². The molecule has 0 spiro atoms. The molecule has 1 heterocycles.